The third-order valence-corrected chi connectivity index (χ3v) is 2.31. The number of rotatable bonds is 3. The highest BCUT2D eigenvalue weighted by Crippen LogP contribution is 2.13. The van der Waals surface area contributed by atoms with Crippen LogP contribution in [-0.4, -0.2) is 17.1 Å². The normalized spacial score (nSPS) is 9.56. The van der Waals surface area contributed by atoms with Crippen molar-refractivity contribution < 1.29 is 4.74 Å². The van der Waals surface area contributed by atoms with E-state index >= 15 is 0 Å². The van der Waals surface area contributed by atoms with Crippen molar-refractivity contribution in [1.82, 2.24) is 9.97 Å². The first-order valence-electron chi connectivity index (χ1n) is 6.33. The molecule has 0 fully saturated rings. The number of benzene rings is 1. The number of hydrogen-bond donors (Lipinski definition) is 1. The average molecular weight is 246 g/mol. The quantitative estimate of drug-likeness (QED) is 0.896. The molecule has 1 heterocycles. The van der Waals surface area contributed by atoms with E-state index in [0.29, 0.717) is 0 Å². The summed E-state index contributed by atoms with van der Waals surface area (Å²) in [7, 11) is 1.67. The van der Waals surface area contributed by atoms with Crippen LogP contribution in [0.2, 0.25) is 0 Å². The lowest BCUT2D eigenvalue weighted by molar-refractivity contribution is 0.414. The molecule has 1 aromatic carbocycles. The molecule has 0 amide bonds. The lowest BCUT2D eigenvalue weighted by Crippen LogP contribution is -1.89. The third-order valence-electron chi connectivity index (χ3n) is 2.31. The molecule has 0 atom stereocenters. The number of hydrogen-bond acceptors (Lipinski definition) is 2. The summed E-state index contributed by atoms with van der Waals surface area (Å²) >= 11 is 0. The molecule has 98 valence electrons. The van der Waals surface area contributed by atoms with Crippen LogP contribution in [0, 0.1) is 6.92 Å². The van der Waals surface area contributed by atoms with Crippen LogP contribution in [0.15, 0.2) is 30.5 Å². The average Bonchev–Trinajstić information content (AvgIpc) is 2.77. The lowest BCUT2D eigenvalue weighted by Gasteiger charge is -2.01. The van der Waals surface area contributed by atoms with Crippen molar-refractivity contribution in [3.05, 3.63) is 47.5 Å². The van der Waals surface area contributed by atoms with E-state index in [4.69, 9.17) is 4.74 Å². The van der Waals surface area contributed by atoms with E-state index in [1.165, 1.54) is 12.0 Å². The van der Waals surface area contributed by atoms with Gasteiger partial charge in [-0.25, -0.2) is 4.98 Å². The number of aromatic nitrogens is 2. The molecule has 0 spiro atoms. The lowest BCUT2D eigenvalue weighted by atomic mass is 10.1. The standard InChI is InChI=1S/C12H14N2O.C3H8/c1-9-13-8-11(14-9)7-10-3-5-12(15-2)6-4-10;1-3-2/h3-6,8H,7H2,1-2H3,(H,13,14);3H2,1-2H3. The van der Waals surface area contributed by atoms with Crippen molar-refractivity contribution in [3.63, 3.8) is 0 Å². The highest BCUT2D eigenvalue weighted by atomic mass is 16.5. The van der Waals surface area contributed by atoms with Crippen LogP contribution in [0.5, 0.6) is 5.75 Å². The topological polar surface area (TPSA) is 37.9 Å². The fourth-order valence-electron chi connectivity index (χ4n) is 1.52. The zero-order valence-corrected chi connectivity index (χ0v) is 11.7. The molecule has 0 saturated carbocycles. The predicted molar refractivity (Wildman–Crippen MR) is 75.1 cm³/mol. The van der Waals surface area contributed by atoms with Gasteiger partial charge in [0, 0.05) is 18.3 Å². The van der Waals surface area contributed by atoms with Gasteiger partial charge in [-0.15, -0.1) is 0 Å². The van der Waals surface area contributed by atoms with Crippen LogP contribution < -0.4 is 4.74 Å². The second-order valence-corrected chi connectivity index (χ2v) is 4.23. The number of imidazole rings is 1. The van der Waals surface area contributed by atoms with Crippen LogP contribution >= 0.6 is 0 Å². The molecular weight excluding hydrogens is 224 g/mol. The van der Waals surface area contributed by atoms with Crippen molar-refractivity contribution in [1.29, 1.82) is 0 Å². The summed E-state index contributed by atoms with van der Waals surface area (Å²) in [6.45, 7) is 6.21. The van der Waals surface area contributed by atoms with Gasteiger partial charge in [0.1, 0.15) is 11.6 Å². The van der Waals surface area contributed by atoms with E-state index in [0.717, 1.165) is 23.7 Å². The highest BCUT2D eigenvalue weighted by Gasteiger charge is 1.99. The fourth-order valence-corrected chi connectivity index (χ4v) is 1.52. The van der Waals surface area contributed by atoms with Gasteiger partial charge in [0.2, 0.25) is 0 Å². The molecule has 3 nitrogen and oxygen atoms in total. The Morgan fingerprint density at radius 3 is 2.22 bits per heavy atom. The third kappa shape index (κ3) is 4.62. The molecule has 1 aromatic heterocycles. The summed E-state index contributed by atoms with van der Waals surface area (Å²) in [6, 6.07) is 8.07. The Morgan fingerprint density at radius 2 is 1.78 bits per heavy atom. The summed E-state index contributed by atoms with van der Waals surface area (Å²) in [6.07, 6.45) is 4.00. The minimum atomic E-state index is 0.880. The Balaban J connectivity index is 0.000000492. The van der Waals surface area contributed by atoms with Crippen molar-refractivity contribution in [2.45, 2.75) is 33.6 Å². The van der Waals surface area contributed by atoms with Gasteiger partial charge in [-0.1, -0.05) is 32.4 Å². The SMILES string of the molecule is CCC.COc1ccc(Cc2cnc(C)[nH]2)cc1. The Bertz CT molecular complexity index is 446. The van der Waals surface area contributed by atoms with Gasteiger partial charge in [-0.2, -0.15) is 0 Å². The first-order chi connectivity index (χ1) is 8.69. The van der Waals surface area contributed by atoms with Crippen molar-refractivity contribution in [2.75, 3.05) is 7.11 Å². The molecular formula is C15H22N2O. The number of aromatic amines is 1. The predicted octanol–water partition coefficient (Wildman–Crippen LogP) is 3.73. The maximum atomic E-state index is 5.10. The minimum Gasteiger partial charge on any atom is -0.497 e. The zero-order valence-electron chi connectivity index (χ0n) is 11.7. The summed E-state index contributed by atoms with van der Waals surface area (Å²) in [5.74, 6) is 1.85. The van der Waals surface area contributed by atoms with E-state index in [2.05, 4.69) is 35.9 Å². The molecule has 2 rings (SSSR count). The number of nitrogens with zero attached hydrogens (tertiary/aromatic N) is 1. The smallest absolute Gasteiger partial charge is 0.118 e. The fraction of sp³-hybridized carbons (Fsp3) is 0.400. The van der Waals surface area contributed by atoms with E-state index in [1.807, 2.05) is 25.3 Å². The van der Waals surface area contributed by atoms with Crippen molar-refractivity contribution in [2.24, 2.45) is 0 Å². The number of methoxy groups -OCH3 is 1. The van der Waals surface area contributed by atoms with Gasteiger partial charge in [-0.3, -0.25) is 0 Å². The second-order valence-electron chi connectivity index (χ2n) is 4.23. The molecule has 3 heteroatoms. The van der Waals surface area contributed by atoms with E-state index in [9.17, 15) is 0 Å². The molecule has 0 radical (unpaired) electrons. The maximum absolute atomic E-state index is 5.10. The van der Waals surface area contributed by atoms with Gasteiger partial charge in [0.15, 0.2) is 0 Å². The Morgan fingerprint density at radius 1 is 1.17 bits per heavy atom. The summed E-state index contributed by atoms with van der Waals surface area (Å²) in [4.78, 5) is 7.38. The number of nitrogens with one attached hydrogen (secondary N) is 1. The van der Waals surface area contributed by atoms with Crippen molar-refractivity contribution >= 4 is 0 Å². The van der Waals surface area contributed by atoms with E-state index in [-0.39, 0.29) is 0 Å². The molecule has 0 aliphatic heterocycles. The molecule has 0 aliphatic carbocycles. The van der Waals surface area contributed by atoms with Crippen LogP contribution in [0.1, 0.15) is 37.4 Å². The first-order valence-corrected chi connectivity index (χ1v) is 6.33. The van der Waals surface area contributed by atoms with Crippen LogP contribution in [0.25, 0.3) is 0 Å². The van der Waals surface area contributed by atoms with Gasteiger partial charge in [0.25, 0.3) is 0 Å². The number of aryl methyl sites for hydroxylation is 1. The maximum Gasteiger partial charge on any atom is 0.118 e. The largest absolute Gasteiger partial charge is 0.497 e. The Labute approximate surface area is 109 Å². The highest BCUT2D eigenvalue weighted by molar-refractivity contribution is 5.29. The molecule has 18 heavy (non-hydrogen) atoms. The molecule has 0 aliphatic rings. The molecule has 1 N–H and O–H groups in total. The van der Waals surface area contributed by atoms with Crippen LogP contribution in [0.3, 0.4) is 0 Å². The molecule has 0 bridgehead atoms. The summed E-state index contributed by atoms with van der Waals surface area (Å²) in [5, 5.41) is 0. The molecule has 0 saturated heterocycles. The van der Waals surface area contributed by atoms with Crippen LogP contribution in [0.4, 0.5) is 0 Å². The van der Waals surface area contributed by atoms with Crippen LogP contribution in [-0.2, 0) is 6.42 Å². The molecule has 0 unspecified atom stereocenters. The van der Waals surface area contributed by atoms with Gasteiger partial charge < -0.3 is 9.72 Å². The number of H-pyrrole nitrogens is 1. The Kier molecular flexibility index (Phi) is 5.98. The zero-order chi connectivity index (χ0) is 13.4. The van der Waals surface area contributed by atoms with E-state index in [1.54, 1.807) is 7.11 Å². The number of ether oxygens (including phenoxy) is 1. The molecule has 2 aromatic rings. The summed E-state index contributed by atoms with van der Waals surface area (Å²) < 4.78 is 5.10. The first kappa shape index (κ1) is 14.3. The minimum absolute atomic E-state index is 0.880. The monoisotopic (exact) mass is 246 g/mol. The van der Waals surface area contributed by atoms with Crippen molar-refractivity contribution in [3.8, 4) is 5.75 Å². The van der Waals surface area contributed by atoms with E-state index < -0.39 is 0 Å². The summed E-state index contributed by atoms with van der Waals surface area (Å²) in [5.41, 5.74) is 2.39. The van der Waals surface area contributed by atoms with Gasteiger partial charge in [0.05, 0.1) is 7.11 Å². The second kappa shape index (κ2) is 7.54. The van der Waals surface area contributed by atoms with Gasteiger partial charge >= 0.3 is 0 Å². The van der Waals surface area contributed by atoms with Gasteiger partial charge in [-0.05, 0) is 24.6 Å². The Hall–Kier alpha value is -1.77.